The van der Waals surface area contributed by atoms with Gasteiger partial charge >= 0.3 is 0 Å². The molecule has 0 spiro atoms. The van der Waals surface area contributed by atoms with E-state index in [1.165, 1.54) is 97.4 Å². The molecule has 0 N–H and O–H groups in total. The third-order valence-electron chi connectivity index (χ3n) is 9.63. The highest BCUT2D eigenvalue weighted by atomic mass is 15.0. The predicted molar refractivity (Wildman–Crippen MR) is 182 cm³/mol. The molecule has 1 aliphatic carbocycles. The third kappa shape index (κ3) is 3.87. The van der Waals surface area contributed by atoms with E-state index in [0.717, 1.165) is 0 Å². The van der Waals surface area contributed by atoms with E-state index in [1.54, 1.807) is 0 Å². The molecule has 2 aromatic heterocycles. The first-order chi connectivity index (χ1) is 21.3. The largest absolute Gasteiger partial charge is 0.309 e. The molecule has 0 bridgehead atoms. The van der Waals surface area contributed by atoms with Gasteiger partial charge in [-0.05, 0) is 77.9 Å². The van der Waals surface area contributed by atoms with Crippen LogP contribution >= 0.6 is 0 Å². The normalized spacial score (nSPS) is 14.0. The van der Waals surface area contributed by atoms with Gasteiger partial charge < -0.3 is 9.13 Å². The van der Waals surface area contributed by atoms with E-state index in [2.05, 4.69) is 149 Å². The highest BCUT2D eigenvalue weighted by molar-refractivity contribution is 6.10. The van der Waals surface area contributed by atoms with Crippen LogP contribution in [0.15, 0.2) is 140 Å². The van der Waals surface area contributed by atoms with Crippen LogP contribution < -0.4 is 0 Å². The molecule has 0 unspecified atom stereocenters. The van der Waals surface area contributed by atoms with Crippen molar-refractivity contribution >= 4 is 43.6 Å². The molecular weight excluding hydrogens is 520 g/mol. The fourth-order valence-electron chi connectivity index (χ4n) is 7.63. The van der Waals surface area contributed by atoms with Crippen molar-refractivity contribution in [3.8, 4) is 22.5 Å². The second-order valence-corrected chi connectivity index (χ2v) is 12.1. The molecule has 0 amide bonds. The Hall–Kier alpha value is -5.08. The first-order valence-corrected chi connectivity index (χ1v) is 15.6. The molecule has 206 valence electrons. The Morgan fingerprint density at radius 3 is 1.47 bits per heavy atom. The van der Waals surface area contributed by atoms with Gasteiger partial charge in [-0.25, -0.2) is 0 Å². The van der Waals surface area contributed by atoms with E-state index in [1.807, 2.05) is 0 Å². The summed E-state index contributed by atoms with van der Waals surface area (Å²) in [5.74, 6) is 0.666. The van der Waals surface area contributed by atoms with Gasteiger partial charge in [-0.15, -0.1) is 0 Å². The summed E-state index contributed by atoms with van der Waals surface area (Å²) >= 11 is 0. The predicted octanol–water partition coefficient (Wildman–Crippen LogP) is 11.2. The summed E-state index contributed by atoms with van der Waals surface area (Å²) in [6.45, 7) is 0. The van der Waals surface area contributed by atoms with Gasteiger partial charge in [0, 0.05) is 32.9 Å². The van der Waals surface area contributed by atoms with Crippen LogP contribution in [0.2, 0.25) is 0 Å². The van der Waals surface area contributed by atoms with Crippen molar-refractivity contribution in [1.82, 2.24) is 9.13 Å². The van der Waals surface area contributed by atoms with Gasteiger partial charge in [0.25, 0.3) is 0 Å². The molecule has 9 rings (SSSR count). The second kappa shape index (κ2) is 9.74. The van der Waals surface area contributed by atoms with Gasteiger partial charge in [0.05, 0.1) is 22.1 Å². The molecule has 0 atom stereocenters. The van der Waals surface area contributed by atoms with Gasteiger partial charge in [-0.2, -0.15) is 0 Å². The number of para-hydroxylation sites is 3. The third-order valence-corrected chi connectivity index (χ3v) is 9.63. The lowest BCUT2D eigenvalue weighted by Crippen LogP contribution is -2.00. The minimum absolute atomic E-state index is 0.666. The number of hydrogen-bond donors (Lipinski definition) is 0. The number of nitrogens with zero attached hydrogens (tertiary/aromatic N) is 2. The van der Waals surface area contributed by atoms with E-state index in [-0.39, 0.29) is 0 Å². The molecule has 1 fully saturated rings. The molecule has 6 aromatic carbocycles. The topological polar surface area (TPSA) is 9.86 Å². The van der Waals surface area contributed by atoms with Crippen LogP contribution in [0.1, 0.15) is 37.2 Å². The average Bonchev–Trinajstić information content (AvgIpc) is 3.80. The molecule has 0 aliphatic heterocycles. The summed E-state index contributed by atoms with van der Waals surface area (Å²) in [7, 11) is 0. The van der Waals surface area contributed by atoms with Crippen molar-refractivity contribution in [2.75, 3.05) is 0 Å². The number of rotatable bonds is 4. The fraction of sp³-hybridized carbons (Fsp3) is 0.122. The van der Waals surface area contributed by atoms with Crippen molar-refractivity contribution in [2.24, 2.45) is 0 Å². The minimum atomic E-state index is 0.666. The summed E-state index contributed by atoms with van der Waals surface area (Å²) < 4.78 is 4.95. The number of benzene rings is 6. The zero-order valence-corrected chi connectivity index (χ0v) is 24.1. The number of fused-ring (bicyclic) bond motifs is 6. The first kappa shape index (κ1) is 24.5. The molecule has 2 heterocycles. The number of hydrogen-bond acceptors (Lipinski definition) is 0. The van der Waals surface area contributed by atoms with Crippen LogP contribution in [0.3, 0.4) is 0 Å². The van der Waals surface area contributed by atoms with E-state index in [9.17, 15) is 0 Å². The lowest BCUT2D eigenvalue weighted by molar-refractivity contribution is 0.724. The van der Waals surface area contributed by atoms with E-state index in [4.69, 9.17) is 0 Å². The van der Waals surface area contributed by atoms with Crippen molar-refractivity contribution in [1.29, 1.82) is 0 Å². The van der Waals surface area contributed by atoms with Crippen LogP contribution in [0.25, 0.3) is 66.1 Å². The van der Waals surface area contributed by atoms with Gasteiger partial charge in [0.15, 0.2) is 0 Å². The summed E-state index contributed by atoms with van der Waals surface area (Å²) in [5, 5.41) is 5.19. The number of aromatic nitrogens is 2. The van der Waals surface area contributed by atoms with Crippen LogP contribution in [0.5, 0.6) is 0 Å². The molecule has 2 heteroatoms. The highest BCUT2D eigenvalue weighted by Gasteiger charge is 2.21. The van der Waals surface area contributed by atoms with Crippen LogP contribution in [0.4, 0.5) is 0 Å². The van der Waals surface area contributed by atoms with Gasteiger partial charge in [0.1, 0.15) is 0 Å². The molecule has 1 saturated carbocycles. The first-order valence-electron chi connectivity index (χ1n) is 15.6. The zero-order chi connectivity index (χ0) is 28.3. The van der Waals surface area contributed by atoms with Crippen LogP contribution in [0, 0.1) is 0 Å². The molecule has 2 nitrogen and oxygen atoms in total. The standard InChI is InChI=1S/C41H32N2/c1-2-12-29(13-3-1)31-24-32(42-38-19-9-6-16-34(38)35-17-7-10-20-39(35)42)27-33(25-31)43-40-21-11-8-18-36(40)37-23-22-30(26-41(37)43)28-14-4-5-15-28/h1-3,6-13,16-28H,4-5,14-15H2. The van der Waals surface area contributed by atoms with Crippen molar-refractivity contribution < 1.29 is 0 Å². The zero-order valence-electron chi connectivity index (χ0n) is 24.1. The maximum absolute atomic E-state index is 2.51. The van der Waals surface area contributed by atoms with E-state index < -0.39 is 0 Å². The lowest BCUT2D eigenvalue weighted by Gasteiger charge is -2.16. The smallest absolute Gasteiger partial charge is 0.0543 e. The quantitative estimate of drug-likeness (QED) is 0.205. The monoisotopic (exact) mass is 552 g/mol. The van der Waals surface area contributed by atoms with Gasteiger partial charge in [-0.1, -0.05) is 110 Å². The Labute approximate surface area is 251 Å². The summed E-state index contributed by atoms with van der Waals surface area (Å²) in [5.41, 5.74) is 11.3. The molecule has 0 radical (unpaired) electrons. The highest BCUT2D eigenvalue weighted by Crippen LogP contribution is 2.40. The van der Waals surface area contributed by atoms with E-state index in [0.29, 0.717) is 5.92 Å². The van der Waals surface area contributed by atoms with Gasteiger partial charge in [0.2, 0.25) is 0 Å². The maximum atomic E-state index is 2.51. The Morgan fingerprint density at radius 2 is 0.884 bits per heavy atom. The molecular formula is C41H32N2. The fourth-order valence-corrected chi connectivity index (χ4v) is 7.63. The second-order valence-electron chi connectivity index (χ2n) is 12.1. The van der Waals surface area contributed by atoms with Crippen LogP contribution in [-0.2, 0) is 0 Å². The minimum Gasteiger partial charge on any atom is -0.309 e. The summed E-state index contributed by atoms with van der Waals surface area (Å²) in [6, 6.07) is 51.6. The summed E-state index contributed by atoms with van der Waals surface area (Å²) in [4.78, 5) is 0. The van der Waals surface area contributed by atoms with Crippen molar-refractivity contribution in [2.45, 2.75) is 31.6 Å². The Bertz CT molecular complexity index is 2240. The lowest BCUT2D eigenvalue weighted by atomic mass is 9.96. The Morgan fingerprint density at radius 1 is 0.395 bits per heavy atom. The van der Waals surface area contributed by atoms with Crippen molar-refractivity contribution in [3.63, 3.8) is 0 Å². The molecule has 0 saturated heterocycles. The maximum Gasteiger partial charge on any atom is 0.0543 e. The molecule has 1 aliphatic rings. The van der Waals surface area contributed by atoms with Crippen molar-refractivity contribution in [3.05, 3.63) is 145 Å². The average molecular weight is 553 g/mol. The van der Waals surface area contributed by atoms with E-state index >= 15 is 0 Å². The summed E-state index contributed by atoms with van der Waals surface area (Å²) in [6.07, 6.45) is 5.28. The van der Waals surface area contributed by atoms with Crippen LogP contribution in [-0.4, -0.2) is 9.13 Å². The Balaban J connectivity index is 1.38. The molecule has 8 aromatic rings. The molecule has 43 heavy (non-hydrogen) atoms. The van der Waals surface area contributed by atoms with Gasteiger partial charge in [-0.3, -0.25) is 0 Å². The SMILES string of the molecule is c1ccc(-c2cc(-n3c4ccccc4c4ccccc43)cc(-n3c4ccccc4c4ccc(C5CCCC5)cc43)c2)cc1. The Kier molecular flexibility index (Phi) is 5.55.